The number of ether oxygens (including phenoxy) is 3. The number of aliphatic hydroxyl groups is 1. The number of alkyl carbamates (subject to hydrolysis) is 1. The highest BCUT2D eigenvalue weighted by Crippen LogP contribution is 2.46. The van der Waals surface area contributed by atoms with E-state index in [-0.39, 0.29) is 50.5 Å². The number of benzene rings is 1. The average molecular weight is 836 g/mol. The van der Waals surface area contributed by atoms with E-state index in [9.17, 15) is 32.7 Å². The van der Waals surface area contributed by atoms with Gasteiger partial charge in [-0.2, -0.15) is 0 Å². The Hall–Kier alpha value is -4.70. The van der Waals surface area contributed by atoms with Crippen molar-refractivity contribution in [3.8, 4) is 11.6 Å². The van der Waals surface area contributed by atoms with Gasteiger partial charge in [0.25, 0.3) is 5.91 Å². The van der Waals surface area contributed by atoms with E-state index in [1.807, 2.05) is 51.1 Å². The summed E-state index contributed by atoms with van der Waals surface area (Å²) >= 11 is 0. The standard InChI is InChI=1S/C43H57N5O10S/c1-5-27-24-43(27,40(52)47-59(54,55)29-19-20-29)46-37(50)33-23-28-25-48(33)39(51)36(42(2,3)4)45-41(53)58-34-18-11-14-26(34)13-7-6-8-16-31-35(56-22-12-21-49)30-15-9-10-17-32(30)44-38(31)57-28/h5-6,8-10,15,17,26-29,33-34,36,49H,1,7,11-14,16,18-25H2,2-4H3,(H,45,53)(H,46,50)(H,47,52)/b8-6+/t26-,27-,28-,33+,34-,36-,43-/m1/s1. The zero-order valence-corrected chi connectivity index (χ0v) is 34.9. The molecule has 1 aromatic carbocycles. The molecule has 0 unspecified atom stereocenters. The second-order valence-corrected chi connectivity index (χ2v) is 19.6. The molecule has 3 saturated carbocycles. The van der Waals surface area contributed by atoms with E-state index in [1.54, 1.807) is 0 Å². The van der Waals surface area contributed by atoms with Crippen LogP contribution < -0.4 is 24.8 Å². The summed E-state index contributed by atoms with van der Waals surface area (Å²) in [4.78, 5) is 62.9. The van der Waals surface area contributed by atoms with Crippen LogP contribution in [0.3, 0.4) is 0 Å². The quantitative estimate of drug-likeness (QED) is 0.197. The Labute approximate surface area is 345 Å². The van der Waals surface area contributed by atoms with Crippen LogP contribution in [0, 0.1) is 17.3 Å². The number of rotatable bonds is 10. The Morgan fingerprint density at radius 1 is 1.12 bits per heavy atom. The molecule has 320 valence electrons. The summed E-state index contributed by atoms with van der Waals surface area (Å²) in [6.07, 6.45) is 9.75. The molecule has 4 N–H and O–H groups in total. The number of carbonyl (C=O) groups is 4. The number of amides is 4. The van der Waals surface area contributed by atoms with E-state index >= 15 is 0 Å². The first-order valence-corrected chi connectivity index (χ1v) is 22.4. The van der Waals surface area contributed by atoms with E-state index < -0.39 is 74.1 Å². The number of para-hydroxylation sites is 1. The summed E-state index contributed by atoms with van der Waals surface area (Å²) in [6.45, 7) is 9.37. The van der Waals surface area contributed by atoms with Crippen molar-refractivity contribution in [1.82, 2.24) is 25.2 Å². The number of nitrogens with one attached hydrogen (secondary N) is 3. The van der Waals surface area contributed by atoms with E-state index in [1.165, 1.54) is 11.0 Å². The molecule has 2 aliphatic heterocycles. The van der Waals surface area contributed by atoms with Crippen LogP contribution in [0.1, 0.15) is 90.5 Å². The predicted octanol–water partition coefficient (Wildman–Crippen LogP) is 4.22. The number of sulfonamides is 1. The molecule has 4 fully saturated rings. The van der Waals surface area contributed by atoms with E-state index in [0.29, 0.717) is 48.9 Å². The van der Waals surface area contributed by atoms with Crippen LogP contribution in [0.15, 0.2) is 49.1 Å². The van der Waals surface area contributed by atoms with Gasteiger partial charge in [-0.1, -0.05) is 51.1 Å². The van der Waals surface area contributed by atoms with Gasteiger partial charge in [0.2, 0.25) is 27.7 Å². The van der Waals surface area contributed by atoms with Gasteiger partial charge < -0.3 is 34.9 Å². The van der Waals surface area contributed by atoms with Gasteiger partial charge in [0.1, 0.15) is 35.6 Å². The molecular formula is C43H57N5O10S. The van der Waals surface area contributed by atoms with Crippen LogP contribution in [0.25, 0.3) is 10.9 Å². The number of aliphatic hydroxyl groups excluding tert-OH is 1. The predicted molar refractivity (Wildman–Crippen MR) is 219 cm³/mol. The zero-order valence-electron chi connectivity index (χ0n) is 34.1. The molecule has 3 heterocycles. The topological polar surface area (TPSA) is 203 Å². The van der Waals surface area contributed by atoms with Gasteiger partial charge in [0.05, 0.1) is 29.5 Å². The molecule has 7 rings (SSSR count). The molecule has 7 atom stereocenters. The van der Waals surface area contributed by atoms with Crippen molar-refractivity contribution >= 4 is 44.7 Å². The number of fused-ring (bicyclic) bond motifs is 5. The first-order chi connectivity index (χ1) is 28.1. The van der Waals surface area contributed by atoms with Gasteiger partial charge in [-0.3, -0.25) is 19.1 Å². The van der Waals surface area contributed by atoms with Crippen molar-refractivity contribution in [3.05, 3.63) is 54.6 Å². The molecule has 5 aliphatic rings. The van der Waals surface area contributed by atoms with Crippen LogP contribution in [-0.2, 0) is 35.6 Å². The number of hydrogen-bond donors (Lipinski definition) is 4. The van der Waals surface area contributed by atoms with Crippen LogP contribution in [0.5, 0.6) is 11.6 Å². The molecule has 2 bridgehead atoms. The second kappa shape index (κ2) is 17.1. The van der Waals surface area contributed by atoms with E-state index in [4.69, 9.17) is 19.2 Å². The fourth-order valence-corrected chi connectivity index (χ4v) is 10.0. The third-order valence-corrected chi connectivity index (χ3v) is 14.1. The van der Waals surface area contributed by atoms with E-state index in [0.717, 1.165) is 31.1 Å². The van der Waals surface area contributed by atoms with Crippen LogP contribution in [0.2, 0.25) is 0 Å². The summed E-state index contributed by atoms with van der Waals surface area (Å²) < 4.78 is 46.9. The van der Waals surface area contributed by atoms with Crippen LogP contribution in [-0.4, -0.2) is 102 Å². The second-order valence-electron chi connectivity index (χ2n) is 17.7. The molecule has 0 radical (unpaired) electrons. The molecule has 2 aromatic rings. The minimum Gasteiger partial charge on any atom is -0.492 e. The van der Waals surface area contributed by atoms with Gasteiger partial charge in [0.15, 0.2) is 0 Å². The summed E-state index contributed by atoms with van der Waals surface area (Å²) in [5, 5.41) is 15.4. The van der Waals surface area contributed by atoms with Crippen LogP contribution in [0.4, 0.5) is 4.79 Å². The van der Waals surface area contributed by atoms with Crippen molar-refractivity contribution < 1.29 is 46.9 Å². The number of pyridine rings is 1. The molecule has 3 aliphatic carbocycles. The number of allylic oxidation sites excluding steroid dienone is 2. The van der Waals surface area contributed by atoms with Gasteiger partial charge in [-0.15, -0.1) is 6.58 Å². The number of nitrogens with zero attached hydrogens (tertiary/aromatic N) is 2. The van der Waals surface area contributed by atoms with Crippen molar-refractivity contribution in [3.63, 3.8) is 0 Å². The average Bonchev–Trinajstić information content (AvgIpc) is 4.08. The summed E-state index contributed by atoms with van der Waals surface area (Å²) in [6, 6.07) is 5.21. The van der Waals surface area contributed by atoms with Gasteiger partial charge in [-0.25, -0.2) is 18.2 Å². The Balaban J connectivity index is 1.26. The third kappa shape index (κ3) is 9.23. The largest absolute Gasteiger partial charge is 0.492 e. The maximum absolute atomic E-state index is 14.8. The molecular weight excluding hydrogens is 779 g/mol. The third-order valence-electron chi connectivity index (χ3n) is 12.2. The molecule has 16 heteroatoms. The van der Waals surface area contributed by atoms with Gasteiger partial charge in [0, 0.05) is 30.8 Å². The lowest BCUT2D eigenvalue weighted by Gasteiger charge is -2.35. The lowest BCUT2D eigenvalue weighted by atomic mass is 9.85. The number of carbonyl (C=O) groups excluding carboxylic acids is 4. The SMILES string of the molecule is C=C[C@@H]1C[C@]1(NC(=O)[C@@H]1C[C@@H]2CN1C(=O)[C@H](C(C)(C)C)NC(=O)O[C@@H]1CCC[C@H]1CC/C=C/Cc1c(nc3ccccc3c1OCCCO)O2)C(=O)NS(=O)(=O)C1CC1. The highest BCUT2D eigenvalue weighted by atomic mass is 32.2. The van der Waals surface area contributed by atoms with Crippen LogP contribution >= 0.6 is 0 Å². The maximum Gasteiger partial charge on any atom is 0.408 e. The molecule has 15 nitrogen and oxygen atoms in total. The fourth-order valence-electron chi connectivity index (χ4n) is 8.65. The Morgan fingerprint density at radius 2 is 1.90 bits per heavy atom. The molecule has 59 heavy (non-hydrogen) atoms. The lowest BCUT2D eigenvalue weighted by molar-refractivity contribution is -0.143. The summed E-state index contributed by atoms with van der Waals surface area (Å²) in [5.74, 6) is -1.63. The Morgan fingerprint density at radius 3 is 2.61 bits per heavy atom. The normalized spacial score (nSPS) is 29.4. The van der Waals surface area contributed by atoms with Gasteiger partial charge >= 0.3 is 6.09 Å². The first-order valence-electron chi connectivity index (χ1n) is 20.9. The molecule has 1 aromatic heterocycles. The Kier molecular flexibility index (Phi) is 12.3. The molecule has 0 spiro atoms. The van der Waals surface area contributed by atoms with Crippen molar-refractivity contribution in [2.45, 2.75) is 126 Å². The molecule has 4 amide bonds. The number of aromatic nitrogens is 1. The first kappa shape index (κ1) is 42.4. The highest BCUT2D eigenvalue weighted by Gasteiger charge is 2.62. The summed E-state index contributed by atoms with van der Waals surface area (Å²) in [7, 11) is -3.93. The van der Waals surface area contributed by atoms with Crippen molar-refractivity contribution in [1.29, 1.82) is 0 Å². The monoisotopic (exact) mass is 835 g/mol. The van der Waals surface area contributed by atoms with Crippen molar-refractivity contribution in [2.75, 3.05) is 19.8 Å². The minimum absolute atomic E-state index is 0.00997. The van der Waals surface area contributed by atoms with Gasteiger partial charge in [-0.05, 0) is 81.3 Å². The highest BCUT2D eigenvalue weighted by molar-refractivity contribution is 7.91. The lowest BCUT2D eigenvalue weighted by Crippen LogP contribution is -2.60. The smallest absolute Gasteiger partial charge is 0.408 e. The van der Waals surface area contributed by atoms with Crippen molar-refractivity contribution in [2.24, 2.45) is 17.3 Å². The molecule has 1 saturated heterocycles. The summed E-state index contributed by atoms with van der Waals surface area (Å²) in [5.41, 5.74) is -1.12. The maximum atomic E-state index is 14.8. The number of hydrogen-bond acceptors (Lipinski definition) is 11. The Bertz CT molecular complexity index is 2100. The minimum atomic E-state index is -3.93. The fraction of sp³-hybridized carbons (Fsp3) is 0.605. The zero-order chi connectivity index (χ0) is 42.1. The van der Waals surface area contributed by atoms with E-state index in [2.05, 4.69) is 28.0 Å².